The van der Waals surface area contributed by atoms with Gasteiger partial charge in [0.25, 0.3) is 0 Å². The summed E-state index contributed by atoms with van der Waals surface area (Å²) < 4.78 is 0. The van der Waals surface area contributed by atoms with Crippen molar-refractivity contribution in [2.75, 3.05) is 0 Å². The molecular formula is C14H17NO. The molecule has 2 heteroatoms. The van der Waals surface area contributed by atoms with E-state index < -0.39 is 0 Å². The van der Waals surface area contributed by atoms with Gasteiger partial charge in [-0.1, -0.05) is 32.9 Å². The number of benzene rings is 1. The molecule has 0 unspecified atom stereocenters. The van der Waals surface area contributed by atoms with E-state index >= 15 is 0 Å². The molecule has 0 radical (unpaired) electrons. The quantitative estimate of drug-likeness (QED) is 0.719. The summed E-state index contributed by atoms with van der Waals surface area (Å²) in [6.45, 7) is 8.47. The number of hydrogen-bond acceptors (Lipinski definition) is 1. The van der Waals surface area contributed by atoms with Crippen molar-refractivity contribution >= 4 is 10.9 Å². The van der Waals surface area contributed by atoms with Gasteiger partial charge in [-0.05, 0) is 29.5 Å². The van der Waals surface area contributed by atoms with Gasteiger partial charge in [-0.15, -0.1) is 0 Å². The second kappa shape index (κ2) is 3.48. The number of aromatic amines is 1. The molecule has 84 valence electrons. The van der Waals surface area contributed by atoms with E-state index in [1.807, 2.05) is 6.92 Å². The summed E-state index contributed by atoms with van der Waals surface area (Å²) in [4.78, 5) is 14.3. The van der Waals surface area contributed by atoms with Gasteiger partial charge >= 0.3 is 0 Å². The summed E-state index contributed by atoms with van der Waals surface area (Å²) in [6, 6.07) is 7.93. The molecule has 2 aromatic rings. The largest absolute Gasteiger partial charge is 0.322 e. The molecule has 0 bridgehead atoms. The highest BCUT2D eigenvalue weighted by molar-refractivity contribution is 5.82. The number of rotatable bonds is 0. The summed E-state index contributed by atoms with van der Waals surface area (Å²) in [6.07, 6.45) is 0. The van der Waals surface area contributed by atoms with Crippen LogP contribution in [0.2, 0.25) is 0 Å². The fraction of sp³-hybridized carbons (Fsp3) is 0.357. The van der Waals surface area contributed by atoms with Crippen molar-refractivity contribution in [2.24, 2.45) is 0 Å². The molecule has 2 rings (SSSR count). The molecule has 0 amide bonds. The van der Waals surface area contributed by atoms with Gasteiger partial charge in [-0.3, -0.25) is 4.79 Å². The Hall–Kier alpha value is -1.57. The minimum atomic E-state index is -0.0314. The van der Waals surface area contributed by atoms with Crippen LogP contribution in [0.4, 0.5) is 0 Å². The van der Waals surface area contributed by atoms with Crippen LogP contribution in [0.1, 0.15) is 31.9 Å². The van der Waals surface area contributed by atoms with Crippen LogP contribution in [-0.4, -0.2) is 4.98 Å². The Bertz CT molecular complexity index is 588. The van der Waals surface area contributed by atoms with Crippen LogP contribution in [0.25, 0.3) is 10.9 Å². The Balaban J connectivity index is 2.76. The summed E-state index contributed by atoms with van der Waals surface area (Å²) in [5, 5.41) is 1.12. The molecule has 0 saturated heterocycles. The van der Waals surface area contributed by atoms with Gasteiger partial charge < -0.3 is 4.98 Å². The fourth-order valence-corrected chi connectivity index (χ4v) is 1.90. The topological polar surface area (TPSA) is 32.9 Å². The summed E-state index contributed by atoms with van der Waals surface area (Å²) in [7, 11) is 0. The molecule has 0 spiro atoms. The first-order valence-electron chi connectivity index (χ1n) is 5.52. The Morgan fingerprint density at radius 3 is 2.44 bits per heavy atom. The first-order chi connectivity index (χ1) is 7.38. The smallest absolute Gasteiger partial charge is 0.248 e. The van der Waals surface area contributed by atoms with Crippen LogP contribution in [0.15, 0.2) is 29.1 Å². The number of aromatic nitrogens is 1. The summed E-state index contributed by atoms with van der Waals surface area (Å²) in [5.74, 6) is 0. The monoisotopic (exact) mass is 215 g/mol. The van der Waals surface area contributed by atoms with Crippen molar-refractivity contribution in [1.29, 1.82) is 0 Å². The van der Waals surface area contributed by atoms with Gasteiger partial charge in [0.15, 0.2) is 0 Å². The van der Waals surface area contributed by atoms with E-state index in [0.717, 1.165) is 16.5 Å². The summed E-state index contributed by atoms with van der Waals surface area (Å²) >= 11 is 0. The van der Waals surface area contributed by atoms with E-state index in [2.05, 4.69) is 44.0 Å². The van der Waals surface area contributed by atoms with Gasteiger partial charge in [-0.25, -0.2) is 0 Å². The molecule has 0 atom stereocenters. The zero-order chi connectivity index (χ0) is 11.9. The molecule has 0 aliphatic rings. The van der Waals surface area contributed by atoms with Gasteiger partial charge in [0.1, 0.15) is 0 Å². The van der Waals surface area contributed by atoms with E-state index in [0.29, 0.717) is 0 Å². The van der Waals surface area contributed by atoms with Crippen molar-refractivity contribution in [3.8, 4) is 0 Å². The van der Waals surface area contributed by atoms with E-state index in [-0.39, 0.29) is 11.0 Å². The first kappa shape index (κ1) is 10.9. The van der Waals surface area contributed by atoms with Crippen LogP contribution in [0, 0.1) is 6.92 Å². The zero-order valence-corrected chi connectivity index (χ0v) is 10.2. The number of pyridine rings is 1. The third kappa shape index (κ3) is 1.87. The maximum atomic E-state index is 11.4. The predicted molar refractivity (Wildman–Crippen MR) is 68.0 cm³/mol. The standard InChI is InChI=1S/C14H17NO/c1-9-7-13(16)15-12-8-10(14(2,3)4)5-6-11(9)12/h5-8H,1-4H3,(H,15,16). The highest BCUT2D eigenvalue weighted by Crippen LogP contribution is 2.25. The molecular weight excluding hydrogens is 198 g/mol. The maximum Gasteiger partial charge on any atom is 0.248 e. The lowest BCUT2D eigenvalue weighted by Gasteiger charge is -2.19. The third-order valence-corrected chi connectivity index (χ3v) is 2.92. The predicted octanol–water partition coefficient (Wildman–Crippen LogP) is 3.13. The van der Waals surface area contributed by atoms with E-state index in [1.165, 1.54) is 5.56 Å². The maximum absolute atomic E-state index is 11.4. The average molecular weight is 215 g/mol. The van der Waals surface area contributed by atoms with Crippen LogP contribution in [-0.2, 0) is 5.41 Å². The molecule has 1 heterocycles. The van der Waals surface area contributed by atoms with E-state index in [1.54, 1.807) is 6.07 Å². The van der Waals surface area contributed by atoms with Crippen LogP contribution < -0.4 is 5.56 Å². The van der Waals surface area contributed by atoms with Crippen molar-refractivity contribution in [2.45, 2.75) is 33.1 Å². The highest BCUT2D eigenvalue weighted by atomic mass is 16.1. The molecule has 0 fully saturated rings. The van der Waals surface area contributed by atoms with E-state index in [4.69, 9.17) is 0 Å². The molecule has 0 saturated carbocycles. The molecule has 0 aliphatic heterocycles. The second-order valence-electron chi connectivity index (χ2n) is 5.33. The number of nitrogens with one attached hydrogen (secondary N) is 1. The molecule has 16 heavy (non-hydrogen) atoms. The number of H-pyrrole nitrogens is 1. The molecule has 0 aliphatic carbocycles. The lowest BCUT2D eigenvalue weighted by atomic mass is 9.86. The second-order valence-corrected chi connectivity index (χ2v) is 5.33. The Morgan fingerprint density at radius 2 is 1.81 bits per heavy atom. The number of fused-ring (bicyclic) bond motifs is 1. The van der Waals surface area contributed by atoms with Crippen molar-refractivity contribution in [1.82, 2.24) is 4.98 Å². The van der Waals surface area contributed by atoms with Crippen LogP contribution in [0.5, 0.6) is 0 Å². The zero-order valence-electron chi connectivity index (χ0n) is 10.2. The van der Waals surface area contributed by atoms with Gasteiger partial charge in [0.2, 0.25) is 5.56 Å². The van der Waals surface area contributed by atoms with E-state index in [9.17, 15) is 4.79 Å². The third-order valence-electron chi connectivity index (χ3n) is 2.92. The lowest BCUT2D eigenvalue weighted by Crippen LogP contribution is -2.12. The normalized spacial score (nSPS) is 12.0. The lowest BCUT2D eigenvalue weighted by molar-refractivity contribution is 0.591. The summed E-state index contributed by atoms with van der Waals surface area (Å²) in [5.41, 5.74) is 3.27. The van der Waals surface area contributed by atoms with Gasteiger partial charge in [0, 0.05) is 17.0 Å². The Kier molecular flexibility index (Phi) is 2.38. The number of hydrogen-bond donors (Lipinski definition) is 1. The molecule has 1 aromatic carbocycles. The van der Waals surface area contributed by atoms with Crippen molar-refractivity contribution in [3.63, 3.8) is 0 Å². The average Bonchev–Trinajstić information content (AvgIpc) is 2.15. The van der Waals surface area contributed by atoms with Crippen molar-refractivity contribution < 1.29 is 0 Å². The Morgan fingerprint density at radius 1 is 1.12 bits per heavy atom. The van der Waals surface area contributed by atoms with Crippen LogP contribution in [0.3, 0.4) is 0 Å². The highest BCUT2D eigenvalue weighted by Gasteiger charge is 2.14. The first-order valence-corrected chi connectivity index (χ1v) is 5.52. The molecule has 1 N–H and O–H groups in total. The minimum absolute atomic E-state index is 0.0314. The van der Waals surface area contributed by atoms with Gasteiger partial charge in [-0.2, -0.15) is 0 Å². The fourth-order valence-electron chi connectivity index (χ4n) is 1.90. The molecule has 2 nitrogen and oxygen atoms in total. The Labute approximate surface area is 95.3 Å². The molecule has 1 aromatic heterocycles. The number of aryl methyl sites for hydroxylation is 1. The van der Waals surface area contributed by atoms with Gasteiger partial charge in [0.05, 0.1) is 0 Å². The van der Waals surface area contributed by atoms with Crippen LogP contribution >= 0.6 is 0 Å². The van der Waals surface area contributed by atoms with Crippen molar-refractivity contribution in [3.05, 3.63) is 45.7 Å². The SMILES string of the molecule is Cc1cc(=O)[nH]c2cc(C(C)(C)C)ccc12. The minimum Gasteiger partial charge on any atom is -0.322 e.